The van der Waals surface area contributed by atoms with Crippen molar-refractivity contribution in [2.24, 2.45) is 0 Å². The average molecular weight is 375 g/mol. The van der Waals surface area contributed by atoms with Crippen LogP contribution in [0, 0.1) is 5.82 Å². The van der Waals surface area contributed by atoms with Crippen molar-refractivity contribution < 1.29 is 14.4 Å². The highest BCUT2D eigenvalue weighted by molar-refractivity contribution is 5.99. The SMILES string of the molecule is C=Cc1c(C(=O)NO)cc(-c2ccc(-c3ccncc3)c(F)c2)nc1/C=C\C. The van der Waals surface area contributed by atoms with Crippen LogP contribution >= 0.6 is 0 Å². The summed E-state index contributed by atoms with van der Waals surface area (Å²) in [6.45, 7) is 5.53. The van der Waals surface area contributed by atoms with Crippen LogP contribution in [0.25, 0.3) is 34.5 Å². The third-order valence-electron chi connectivity index (χ3n) is 4.22. The van der Waals surface area contributed by atoms with Crippen LogP contribution in [-0.2, 0) is 0 Å². The van der Waals surface area contributed by atoms with Gasteiger partial charge in [-0.05, 0) is 42.8 Å². The Labute approximate surface area is 161 Å². The van der Waals surface area contributed by atoms with Gasteiger partial charge in [0, 0.05) is 29.1 Å². The molecule has 0 saturated heterocycles. The summed E-state index contributed by atoms with van der Waals surface area (Å²) in [4.78, 5) is 20.6. The van der Waals surface area contributed by atoms with Crippen LogP contribution in [0.15, 0.2) is 61.4 Å². The Morgan fingerprint density at radius 3 is 2.54 bits per heavy atom. The molecular weight excluding hydrogens is 357 g/mol. The fourth-order valence-electron chi connectivity index (χ4n) is 2.91. The molecule has 0 saturated carbocycles. The second-order valence-corrected chi connectivity index (χ2v) is 5.93. The summed E-state index contributed by atoms with van der Waals surface area (Å²) in [5.74, 6) is -1.11. The molecule has 28 heavy (non-hydrogen) atoms. The molecule has 6 heteroatoms. The third kappa shape index (κ3) is 3.72. The molecule has 140 valence electrons. The van der Waals surface area contributed by atoms with Crippen molar-refractivity contribution in [3.05, 3.63) is 84.1 Å². The van der Waals surface area contributed by atoms with Crippen molar-refractivity contribution in [3.63, 3.8) is 0 Å². The number of nitrogens with zero attached hydrogens (tertiary/aromatic N) is 2. The first-order valence-electron chi connectivity index (χ1n) is 8.54. The first-order chi connectivity index (χ1) is 13.6. The average Bonchev–Trinajstić information content (AvgIpc) is 2.73. The number of amides is 1. The predicted octanol–water partition coefficient (Wildman–Crippen LogP) is 4.74. The first kappa shape index (κ1) is 19.1. The van der Waals surface area contributed by atoms with Gasteiger partial charge in [0.2, 0.25) is 0 Å². The molecule has 0 atom stereocenters. The van der Waals surface area contributed by atoms with Gasteiger partial charge in [0.05, 0.1) is 17.0 Å². The summed E-state index contributed by atoms with van der Waals surface area (Å²) in [7, 11) is 0. The third-order valence-corrected chi connectivity index (χ3v) is 4.22. The lowest BCUT2D eigenvalue weighted by atomic mass is 9.99. The molecule has 0 bridgehead atoms. The maximum absolute atomic E-state index is 14.7. The molecule has 0 radical (unpaired) electrons. The molecule has 0 fully saturated rings. The summed E-state index contributed by atoms with van der Waals surface area (Å²) < 4.78 is 14.7. The summed E-state index contributed by atoms with van der Waals surface area (Å²) in [5, 5.41) is 9.06. The number of carbonyl (C=O) groups is 1. The highest BCUT2D eigenvalue weighted by Gasteiger charge is 2.16. The monoisotopic (exact) mass is 375 g/mol. The lowest BCUT2D eigenvalue weighted by molar-refractivity contribution is 0.0706. The van der Waals surface area contributed by atoms with Gasteiger partial charge in [0.15, 0.2) is 0 Å². The molecular formula is C22H18FN3O2. The van der Waals surface area contributed by atoms with E-state index in [-0.39, 0.29) is 5.56 Å². The van der Waals surface area contributed by atoms with E-state index in [4.69, 9.17) is 5.21 Å². The second-order valence-electron chi connectivity index (χ2n) is 5.93. The van der Waals surface area contributed by atoms with Gasteiger partial charge in [-0.3, -0.25) is 15.0 Å². The lowest BCUT2D eigenvalue weighted by Gasteiger charge is -2.12. The molecule has 0 aliphatic carbocycles. The molecule has 2 heterocycles. The number of aromatic nitrogens is 2. The van der Waals surface area contributed by atoms with E-state index in [1.165, 1.54) is 18.2 Å². The molecule has 1 amide bonds. The maximum atomic E-state index is 14.7. The molecule has 1 aromatic carbocycles. The number of pyridine rings is 2. The highest BCUT2D eigenvalue weighted by Crippen LogP contribution is 2.29. The highest BCUT2D eigenvalue weighted by atomic mass is 19.1. The number of nitrogens with one attached hydrogen (secondary N) is 1. The van der Waals surface area contributed by atoms with Gasteiger partial charge in [-0.1, -0.05) is 30.9 Å². The van der Waals surface area contributed by atoms with E-state index in [0.717, 1.165) is 0 Å². The fraction of sp³-hybridized carbons (Fsp3) is 0.0455. The van der Waals surface area contributed by atoms with Crippen LogP contribution in [0.3, 0.4) is 0 Å². The summed E-state index contributed by atoms with van der Waals surface area (Å²) in [6, 6.07) is 9.70. The van der Waals surface area contributed by atoms with E-state index in [1.807, 2.05) is 6.92 Å². The molecule has 2 N–H and O–H groups in total. The predicted molar refractivity (Wildman–Crippen MR) is 107 cm³/mol. The van der Waals surface area contributed by atoms with Gasteiger partial charge in [0.1, 0.15) is 5.82 Å². The van der Waals surface area contributed by atoms with Crippen LogP contribution in [-0.4, -0.2) is 21.1 Å². The molecule has 2 aromatic heterocycles. The molecule has 0 aliphatic heterocycles. The molecule has 3 aromatic rings. The minimum absolute atomic E-state index is 0.189. The maximum Gasteiger partial charge on any atom is 0.275 e. The smallest absolute Gasteiger partial charge is 0.275 e. The Kier molecular flexibility index (Phi) is 5.72. The van der Waals surface area contributed by atoms with Gasteiger partial charge in [-0.25, -0.2) is 14.9 Å². The summed E-state index contributed by atoms with van der Waals surface area (Å²) in [5.41, 5.74) is 4.84. The van der Waals surface area contributed by atoms with Gasteiger partial charge >= 0.3 is 0 Å². The fourth-order valence-corrected chi connectivity index (χ4v) is 2.91. The Morgan fingerprint density at radius 1 is 1.18 bits per heavy atom. The Morgan fingerprint density at radius 2 is 1.93 bits per heavy atom. The number of benzene rings is 1. The van der Waals surface area contributed by atoms with Gasteiger partial charge < -0.3 is 0 Å². The van der Waals surface area contributed by atoms with Crippen LogP contribution in [0.5, 0.6) is 0 Å². The topological polar surface area (TPSA) is 75.1 Å². The zero-order valence-electron chi connectivity index (χ0n) is 15.2. The molecule has 5 nitrogen and oxygen atoms in total. The van der Waals surface area contributed by atoms with E-state index >= 15 is 0 Å². The van der Waals surface area contributed by atoms with Gasteiger partial charge in [0.25, 0.3) is 5.91 Å². The Balaban J connectivity index is 2.15. The van der Waals surface area contributed by atoms with E-state index in [2.05, 4.69) is 16.5 Å². The molecule has 0 spiro atoms. The van der Waals surface area contributed by atoms with E-state index < -0.39 is 11.7 Å². The van der Waals surface area contributed by atoms with Crippen molar-refractivity contribution >= 4 is 18.1 Å². The lowest BCUT2D eigenvalue weighted by Crippen LogP contribution is -2.20. The Bertz CT molecular complexity index is 1060. The molecule has 0 unspecified atom stereocenters. The van der Waals surface area contributed by atoms with Crippen LogP contribution in [0.1, 0.15) is 28.5 Å². The van der Waals surface area contributed by atoms with Gasteiger partial charge in [-0.15, -0.1) is 0 Å². The van der Waals surface area contributed by atoms with E-state index in [0.29, 0.717) is 33.6 Å². The van der Waals surface area contributed by atoms with E-state index in [1.54, 1.807) is 54.3 Å². The first-order valence-corrected chi connectivity index (χ1v) is 8.54. The molecule has 0 aliphatic rings. The number of hydrogen-bond donors (Lipinski definition) is 2. The van der Waals surface area contributed by atoms with Crippen molar-refractivity contribution in [1.82, 2.24) is 15.4 Å². The molecule has 3 rings (SSSR count). The standard InChI is InChI=1S/C22H18FN3O2/c1-3-5-20-16(4-2)18(22(27)26-28)13-21(25-20)15-6-7-17(19(23)12-15)14-8-10-24-11-9-14/h3-13,28H,2H2,1H3,(H,26,27)/b5-3-. The van der Waals surface area contributed by atoms with Crippen LogP contribution < -0.4 is 5.48 Å². The normalized spacial score (nSPS) is 10.8. The second kappa shape index (κ2) is 8.37. The number of rotatable bonds is 5. The largest absolute Gasteiger partial charge is 0.288 e. The van der Waals surface area contributed by atoms with Crippen LogP contribution in [0.2, 0.25) is 0 Å². The van der Waals surface area contributed by atoms with Crippen molar-refractivity contribution in [3.8, 4) is 22.4 Å². The number of carbonyl (C=O) groups excluding carboxylic acids is 1. The van der Waals surface area contributed by atoms with Crippen LogP contribution in [0.4, 0.5) is 4.39 Å². The van der Waals surface area contributed by atoms with Gasteiger partial charge in [-0.2, -0.15) is 0 Å². The van der Waals surface area contributed by atoms with Crippen molar-refractivity contribution in [2.75, 3.05) is 0 Å². The minimum atomic E-state index is -0.696. The zero-order chi connectivity index (χ0) is 20.1. The summed E-state index contributed by atoms with van der Waals surface area (Å²) in [6.07, 6.45) is 8.18. The Hall–Kier alpha value is -3.64. The zero-order valence-corrected chi connectivity index (χ0v) is 15.2. The van der Waals surface area contributed by atoms with Crippen molar-refractivity contribution in [1.29, 1.82) is 0 Å². The van der Waals surface area contributed by atoms with Crippen molar-refractivity contribution in [2.45, 2.75) is 6.92 Å². The quantitative estimate of drug-likeness (QED) is 0.499. The minimum Gasteiger partial charge on any atom is -0.288 e. The number of hydrogen-bond acceptors (Lipinski definition) is 4. The summed E-state index contributed by atoms with van der Waals surface area (Å²) >= 11 is 0. The number of halogens is 1. The number of allylic oxidation sites excluding steroid dienone is 1. The number of hydroxylamine groups is 1. The van der Waals surface area contributed by atoms with E-state index in [9.17, 15) is 9.18 Å².